The minimum absolute atomic E-state index is 0.0162. The second kappa shape index (κ2) is 7.49. The maximum atomic E-state index is 9.74. The molecule has 1 aliphatic carbocycles. The molecule has 3 aromatic rings. The van der Waals surface area contributed by atoms with Gasteiger partial charge in [-0.2, -0.15) is 5.10 Å². The Hall–Kier alpha value is -2.57. The van der Waals surface area contributed by atoms with E-state index in [1.165, 1.54) is 0 Å². The van der Waals surface area contributed by atoms with Crippen molar-refractivity contribution in [3.8, 4) is 22.6 Å². The lowest BCUT2D eigenvalue weighted by Crippen LogP contribution is -2.72. The van der Waals surface area contributed by atoms with E-state index < -0.39 is 0 Å². The third-order valence-electron chi connectivity index (χ3n) is 7.51. The Balaban J connectivity index is 1.62. The lowest BCUT2D eigenvalue weighted by Gasteiger charge is -2.61. The van der Waals surface area contributed by atoms with Crippen molar-refractivity contribution in [2.24, 2.45) is 16.6 Å². The number of hydrogen-bond donors (Lipinski definition) is 2. The number of fused-ring (bicyclic) bond motifs is 1. The third kappa shape index (κ3) is 3.28. The lowest BCUT2D eigenvalue weighted by molar-refractivity contribution is -0.154. The molecule has 0 bridgehead atoms. The molecule has 2 aliphatic rings. The van der Waals surface area contributed by atoms with Crippen LogP contribution in [-0.2, 0) is 4.74 Å². The van der Waals surface area contributed by atoms with Crippen molar-refractivity contribution in [2.45, 2.75) is 65.3 Å². The summed E-state index contributed by atoms with van der Waals surface area (Å²) in [5.41, 5.74) is 9.25. The third-order valence-corrected chi connectivity index (χ3v) is 7.51. The Morgan fingerprint density at radius 2 is 1.78 bits per heavy atom. The minimum Gasteiger partial charge on any atom is -0.508 e. The van der Waals surface area contributed by atoms with Gasteiger partial charge < -0.3 is 20.3 Å². The number of ether oxygens (including phenoxy) is 2. The zero-order chi connectivity index (χ0) is 22.7. The number of nitrogens with two attached hydrogens (primary N) is 1. The van der Waals surface area contributed by atoms with Crippen LogP contribution in [0.2, 0.25) is 0 Å². The number of nitrogens with zero attached hydrogens (tertiary/aromatic N) is 2. The largest absolute Gasteiger partial charge is 0.508 e. The van der Waals surface area contributed by atoms with Gasteiger partial charge in [-0.15, -0.1) is 0 Å². The number of aromatic hydroxyl groups is 1. The van der Waals surface area contributed by atoms with E-state index in [4.69, 9.17) is 20.3 Å². The predicted molar refractivity (Wildman–Crippen MR) is 126 cm³/mol. The van der Waals surface area contributed by atoms with Gasteiger partial charge in [0, 0.05) is 23.5 Å². The molecule has 5 rings (SSSR count). The summed E-state index contributed by atoms with van der Waals surface area (Å²) in [6.07, 6.45) is 4.99. The monoisotopic (exact) mass is 435 g/mol. The first-order chi connectivity index (χ1) is 15.2. The highest BCUT2D eigenvalue weighted by atomic mass is 16.5. The fourth-order valence-corrected chi connectivity index (χ4v) is 5.76. The van der Waals surface area contributed by atoms with E-state index in [1.807, 2.05) is 23.0 Å². The summed E-state index contributed by atoms with van der Waals surface area (Å²) in [6, 6.07) is 11.5. The summed E-state index contributed by atoms with van der Waals surface area (Å²) in [4.78, 5) is 0. The topological polar surface area (TPSA) is 82.5 Å². The van der Waals surface area contributed by atoms with Gasteiger partial charge in [0.15, 0.2) is 6.23 Å². The first kappa shape index (κ1) is 21.3. The first-order valence-corrected chi connectivity index (χ1v) is 11.5. The van der Waals surface area contributed by atoms with Crippen LogP contribution in [0.5, 0.6) is 11.5 Å². The number of benzene rings is 2. The number of phenolic OH excluding ortho intramolecular Hbond substituents is 1. The summed E-state index contributed by atoms with van der Waals surface area (Å²) < 4.78 is 14.8. The van der Waals surface area contributed by atoms with Crippen LogP contribution in [-0.4, -0.2) is 33.6 Å². The van der Waals surface area contributed by atoms with E-state index in [0.717, 1.165) is 53.6 Å². The van der Waals surface area contributed by atoms with Crippen LogP contribution in [0.3, 0.4) is 0 Å². The Morgan fingerprint density at radius 1 is 1.06 bits per heavy atom. The average Bonchev–Trinajstić information content (AvgIpc) is 3.22. The Bertz CT molecular complexity index is 1110. The van der Waals surface area contributed by atoms with Crippen LogP contribution in [0.1, 0.15) is 53.2 Å². The van der Waals surface area contributed by atoms with Gasteiger partial charge in [0.25, 0.3) is 0 Å². The molecule has 1 aromatic heterocycles. The number of phenols is 1. The van der Waals surface area contributed by atoms with E-state index in [2.05, 4.69) is 39.8 Å². The van der Waals surface area contributed by atoms with Crippen LogP contribution in [0.25, 0.3) is 22.0 Å². The fourth-order valence-electron chi connectivity index (χ4n) is 5.76. The Morgan fingerprint density at radius 3 is 2.44 bits per heavy atom. The highest BCUT2D eigenvalue weighted by Crippen LogP contribution is 2.55. The summed E-state index contributed by atoms with van der Waals surface area (Å²) in [5, 5.41) is 15.4. The molecule has 1 saturated heterocycles. The molecule has 2 aromatic carbocycles. The van der Waals surface area contributed by atoms with Gasteiger partial charge in [-0.3, -0.25) is 0 Å². The second-order valence-electron chi connectivity index (χ2n) is 10.5. The highest BCUT2D eigenvalue weighted by molar-refractivity contribution is 5.90. The van der Waals surface area contributed by atoms with E-state index in [0.29, 0.717) is 0 Å². The van der Waals surface area contributed by atoms with E-state index in [-0.39, 0.29) is 35.0 Å². The molecule has 170 valence electrons. The number of rotatable bonds is 4. The van der Waals surface area contributed by atoms with Crippen LogP contribution in [0.15, 0.2) is 42.6 Å². The lowest BCUT2D eigenvalue weighted by atomic mass is 9.50. The molecule has 3 N–H and O–H groups in total. The molecular formula is C26H33N3O3. The van der Waals surface area contributed by atoms with E-state index in [1.54, 1.807) is 12.1 Å². The average molecular weight is 436 g/mol. The molecule has 1 saturated carbocycles. The Kier molecular flexibility index (Phi) is 4.98. The summed E-state index contributed by atoms with van der Waals surface area (Å²) >= 11 is 0. The van der Waals surface area contributed by atoms with Crippen LogP contribution in [0.4, 0.5) is 0 Å². The van der Waals surface area contributed by atoms with Gasteiger partial charge in [0.1, 0.15) is 17.6 Å². The maximum absolute atomic E-state index is 9.74. The van der Waals surface area contributed by atoms with Crippen LogP contribution < -0.4 is 10.5 Å². The quantitative estimate of drug-likeness (QED) is 0.585. The van der Waals surface area contributed by atoms with Gasteiger partial charge in [0.05, 0.1) is 17.1 Å². The van der Waals surface area contributed by atoms with Crippen molar-refractivity contribution >= 4 is 10.9 Å². The highest BCUT2D eigenvalue weighted by Gasteiger charge is 2.62. The van der Waals surface area contributed by atoms with Crippen LogP contribution >= 0.6 is 0 Å². The Labute approximate surface area is 189 Å². The van der Waals surface area contributed by atoms with Crippen molar-refractivity contribution in [3.63, 3.8) is 0 Å². The summed E-state index contributed by atoms with van der Waals surface area (Å²) in [7, 11) is 0. The van der Waals surface area contributed by atoms with E-state index in [9.17, 15) is 5.11 Å². The second-order valence-corrected chi connectivity index (χ2v) is 10.5. The zero-order valence-electron chi connectivity index (χ0n) is 19.3. The van der Waals surface area contributed by atoms with Gasteiger partial charge in [-0.25, -0.2) is 4.68 Å². The predicted octanol–water partition coefficient (Wildman–Crippen LogP) is 5.25. The van der Waals surface area contributed by atoms with Crippen molar-refractivity contribution in [2.75, 3.05) is 6.61 Å². The molecule has 0 amide bonds. The summed E-state index contributed by atoms with van der Waals surface area (Å²) in [5.74, 6) is 1.06. The van der Waals surface area contributed by atoms with Gasteiger partial charge in [-0.1, -0.05) is 39.8 Å². The molecule has 0 spiro atoms. The first-order valence-electron chi connectivity index (χ1n) is 11.5. The van der Waals surface area contributed by atoms with Gasteiger partial charge in [0.2, 0.25) is 0 Å². The van der Waals surface area contributed by atoms with Gasteiger partial charge >= 0.3 is 0 Å². The van der Waals surface area contributed by atoms with Crippen molar-refractivity contribution in [3.05, 3.63) is 42.6 Å². The molecule has 1 unspecified atom stereocenters. The van der Waals surface area contributed by atoms with Crippen LogP contribution in [0, 0.1) is 10.8 Å². The molecule has 32 heavy (non-hydrogen) atoms. The molecule has 2 fully saturated rings. The van der Waals surface area contributed by atoms with E-state index >= 15 is 0 Å². The standard InChI is InChI=1S/C26H33N3O3/c1-25(2)23(27)26(3,4)24(25)32-21-14-17(16-8-10-18(30)11-9-16)13-20-19(21)15-28-29(20)22-7-5-6-12-31-22/h8-11,13-15,22-24,30H,5-7,12,27H2,1-4H3/t22?,23-,24+. The molecular weight excluding hydrogens is 402 g/mol. The summed E-state index contributed by atoms with van der Waals surface area (Å²) in [6.45, 7) is 9.46. The normalized spacial score (nSPS) is 26.6. The molecule has 6 nitrogen and oxygen atoms in total. The molecule has 6 heteroatoms. The number of hydrogen-bond acceptors (Lipinski definition) is 5. The SMILES string of the molecule is CC1(C)[C@H](N)C(C)(C)[C@@H]1Oc1cc(-c2ccc(O)cc2)cc2c1cnn2C1CCCCO1. The van der Waals surface area contributed by atoms with Crippen molar-refractivity contribution in [1.29, 1.82) is 0 Å². The van der Waals surface area contributed by atoms with Gasteiger partial charge in [-0.05, 0) is 54.7 Å². The fraction of sp³-hybridized carbons (Fsp3) is 0.500. The molecule has 0 radical (unpaired) electrons. The maximum Gasteiger partial charge on any atom is 0.150 e. The zero-order valence-corrected chi connectivity index (χ0v) is 19.3. The molecule has 1 atom stereocenters. The van der Waals surface area contributed by atoms with Crippen molar-refractivity contribution in [1.82, 2.24) is 9.78 Å². The molecule has 2 heterocycles. The molecule has 1 aliphatic heterocycles. The smallest absolute Gasteiger partial charge is 0.150 e. The minimum atomic E-state index is -0.132. The van der Waals surface area contributed by atoms with Crippen molar-refractivity contribution < 1.29 is 14.6 Å². The number of aromatic nitrogens is 2.